The predicted molar refractivity (Wildman–Crippen MR) is 83.8 cm³/mol. The van der Waals surface area contributed by atoms with E-state index in [1.54, 1.807) is 11.3 Å². The molecule has 0 aliphatic carbocycles. The van der Waals surface area contributed by atoms with Gasteiger partial charge in [0, 0.05) is 25.6 Å². The lowest BCUT2D eigenvalue weighted by molar-refractivity contribution is 0.0776. The van der Waals surface area contributed by atoms with Crippen molar-refractivity contribution in [2.45, 2.75) is 19.1 Å². The summed E-state index contributed by atoms with van der Waals surface area (Å²) in [5.41, 5.74) is 1.36. The zero-order valence-electron chi connectivity index (χ0n) is 12.2. The third kappa shape index (κ3) is 4.04. The summed E-state index contributed by atoms with van der Waals surface area (Å²) in [4.78, 5) is 2.46. The van der Waals surface area contributed by atoms with Crippen LogP contribution in [-0.2, 0) is 21.3 Å². The van der Waals surface area contributed by atoms with Gasteiger partial charge >= 0.3 is 0 Å². The second-order valence-corrected chi connectivity index (χ2v) is 8.68. The van der Waals surface area contributed by atoms with Crippen molar-refractivity contribution >= 4 is 21.4 Å². The van der Waals surface area contributed by atoms with Gasteiger partial charge in [-0.15, -0.1) is 0 Å². The van der Waals surface area contributed by atoms with Crippen LogP contribution in [0.25, 0.3) is 0 Å². The van der Waals surface area contributed by atoms with Gasteiger partial charge < -0.3 is 4.74 Å². The Balaban J connectivity index is 1.58. The zero-order chi connectivity index (χ0) is 14.9. The normalized spacial score (nSPS) is 30.4. The smallest absolute Gasteiger partial charge is 0.208 e. The monoisotopic (exact) mass is 330 g/mol. The maximum Gasteiger partial charge on any atom is 0.208 e. The molecule has 0 spiro atoms. The van der Waals surface area contributed by atoms with Gasteiger partial charge in [-0.2, -0.15) is 11.3 Å². The topological polar surface area (TPSA) is 58.6 Å². The summed E-state index contributed by atoms with van der Waals surface area (Å²) in [6, 6.07) is 2.17. The molecular weight excluding hydrogens is 308 g/mol. The molecule has 2 saturated heterocycles. The van der Waals surface area contributed by atoms with E-state index in [9.17, 15) is 8.42 Å². The first kappa shape index (κ1) is 15.4. The molecule has 1 N–H and O–H groups in total. The average Bonchev–Trinajstić information content (AvgIpc) is 3.05. The molecule has 3 rings (SSSR count). The summed E-state index contributed by atoms with van der Waals surface area (Å²) in [5.74, 6) is 1.02. The van der Waals surface area contributed by atoms with Crippen LogP contribution in [0.2, 0.25) is 0 Å². The van der Waals surface area contributed by atoms with Gasteiger partial charge in [0.05, 0.1) is 19.0 Å². The lowest BCUT2D eigenvalue weighted by atomic mass is 9.84. The van der Waals surface area contributed by atoms with Gasteiger partial charge in [0.2, 0.25) is 10.0 Å². The number of sulfonamides is 1. The van der Waals surface area contributed by atoms with Crippen LogP contribution in [0, 0.1) is 11.8 Å². The summed E-state index contributed by atoms with van der Waals surface area (Å²) in [5, 5.41) is 4.31. The highest BCUT2D eigenvalue weighted by Crippen LogP contribution is 2.34. The largest absolute Gasteiger partial charge is 0.376 e. The van der Waals surface area contributed by atoms with Gasteiger partial charge in [-0.1, -0.05) is 0 Å². The average molecular weight is 330 g/mol. The zero-order valence-corrected chi connectivity index (χ0v) is 13.8. The first-order chi connectivity index (χ1) is 10.0. The Morgan fingerprint density at radius 2 is 2.38 bits per heavy atom. The van der Waals surface area contributed by atoms with E-state index in [0.29, 0.717) is 18.4 Å². The number of fused-ring (bicyclic) bond motifs is 1. The molecule has 0 bridgehead atoms. The molecule has 3 heterocycles. The van der Waals surface area contributed by atoms with Crippen molar-refractivity contribution in [3.63, 3.8) is 0 Å². The van der Waals surface area contributed by atoms with Crippen LogP contribution >= 0.6 is 11.3 Å². The Hall–Kier alpha value is -0.470. The van der Waals surface area contributed by atoms with Crippen molar-refractivity contribution in [1.82, 2.24) is 9.62 Å². The van der Waals surface area contributed by atoms with E-state index in [4.69, 9.17) is 4.74 Å². The molecule has 7 heteroatoms. The summed E-state index contributed by atoms with van der Waals surface area (Å²) >= 11 is 1.73. The third-order valence-corrected chi connectivity index (χ3v) is 5.85. The molecule has 2 aliphatic rings. The summed E-state index contributed by atoms with van der Waals surface area (Å²) < 4.78 is 30.9. The van der Waals surface area contributed by atoms with Crippen LogP contribution in [-0.4, -0.2) is 51.9 Å². The van der Waals surface area contributed by atoms with E-state index >= 15 is 0 Å². The number of ether oxygens (including phenoxy) is 1. The van der Waals surface area contributed by atoms with Crippen molar-refractivity contribution in [3.8, 4) is 0 Å². The van der Waals surface area contributed by atoms with Gasteiger partial charge in [-0.25, -0.2) is 13.1 Å². The molecule has 1 aromatic rings. The highest BCUT2D eigenvalue weighted by Gasteiger charge is 2.40. The summed E-state index contributed by atoms with van der Waals surface area (Å²) in [7, 11) is -3.15. The van der Waals surface area contributed by atoms with E-state index in [1.165, 1.54) is 11.8 Å². The number of rotatable bonds is 5. The molecule has 0 aromatic carbocycles. The van der Waals surface area contributed by atoms with Gasteiger partial charge in [0.25, 0.3) is 0 Å². The summed E-state index contributed by atoms with van der Waals surface area (Å²) in [6.45, 7) is 4.25. The molecule has 2 fully saturated rings. The fraction of sp³-hybridized carbons (Fsp3) is 0.714. The molecule has 0 amide bonds. The molecule has 3 atom stereocenters. The number of hydrogen-bond donors (Lipinski definition) is 1. The molecule has 1 aromatic heterocycles. The number of thiophene rings is 1. The van der Waals surface area contributed by atoms with Crippen molar-refractivity contribution < 1.29 is 13.2 Å². The van der Waals surface area contributed by atoms with Gasteiger partial charge in [-0.05, 0) is 41.3 Å². The molecule has 21 heavy (non-hydrogen) atoms. The molecular formula is C14H22N2O3S2. The Bertz CT molecular complexity index is 559. The van der Waals surface area contributed by atoms with Gasteiger partial charge in [0.15, 0.2) is 0 Å². The van der Waals surface area contributed by atoms with Gasteiger partial charge in [0.1, 0.15) is 0 Å². The Morgan fingerprint density at radius 3 is 3.10 bits per heavy atom. The molecule has 5 nitrogen and oxygen atoms in total. The van der Waals surface area contributed by atoms with Crippen molar-refractivity contribution in [1.29, 1.82) is 0 Å². The van der Waals surface area contributed by atoms with E-state index < -0.39 is 10.0 Å². The van der Waals surface area contributed by atoms with E-state index in [2.05, 4.69) is 26.4 Å². The van der Waals surface area contributed by atoms with Crippen molar-refractivity contribution in [2.75, 3.05) is 32.5 Å². The Morgan fingerprint density at radius 1 is 1.52 bits per heavy atom. The van der Waals surface area contributed by atoms with Crippen molar-refractivity contribution in [3.05, 3.63) is 22.4 Å². The van der Waals surface area contributed by atoms with Gasteiger partial charge in [-0.3, -0.25) is 4.90 Å². The molecule has 2 aliphatic heterocycles. The first-order valence-corrected chi connectivity index (χ1v) is 10.1. The minimum atomic E-state index is -3.15. The second-order valence-electron chi connectivity index (χ2n) is 6.07. The molecule has 118 valence electrons. The predicted octanol–water partition coefficient (Wildman–Crippen LogP) is 1.13. The van der Waals surface area contributed by atoms with E-state index in [0.717, 1.165) is 32.7 Å². The fourth-order valence-electron chi connectivity index (χ4n) is 3.33. The van der Waals surface area contributed by atoms with E-state index in [1.807, 2.05) is 0 Å². The molecule has 0 unspecified atom stereocenters. The number of nitrogens with zero attached hydrogens (tertiary/aromatic N) is 1. The highest BCUT2D eigenvalue weighted by atomic mass is 32.2. The highest BCUT2D eigenvalue weighted by molar-refractivity contribution is 7.88. The lowest BCUT2D eigenvalue weighted by Crippen LogP contribution is -2.44. The minimum absolute atomic E-state index is 0.00926. The van der Waals surface area contributed by atoms with E-state index in [-0.39, 0.29) is 6.10 Å². The van der Waals surface area contributed by atoms with Crippen LogP contribution in [0.3, 0.4) is 0 Å². The third-order valence-electron chi connectivity index (χ3n) is 4.43. The number of likely N-dealkylation sites (tertiary alicyclic amines) is 1. The van der Waals surface area contributed by atoms with Crippen LogP contribution in [0.1, 0.15) is 12.0 Å². The Kier molecular flexibility index (Phi) is 4.66. The minimum Gasteiger partial charge on any atom is -0.376 e. The van der Waals surface area contributed by atoms with Crippen molar-refractivity contribution in [2.24, 2.45) is 11.8 Å². The summed E-state index contributed by atoms with van der Waals surface area (Å²) in [6.07, 6.45) is 2.35. The maximum atomic E-state index is 11.2. The Labute approximate surface area is 130 Å². The van der Waals surface area contributed by atoms with Crippen LogP contribution < -0.4 is 4.72 Å². The standard InChI is InChI=1S/C14H22N2O3S2/c1-21(17,18)15-6-14-13-8-16(4-2-12(13)9-19-14)7-11-3-5-20-10-11/h3,5,10,12-15H,2,4,6-9H2,1H3/t12-,13-,14+/m0/s1. The fourth-order valence-corrected chi connectivity index (χ4v) is 4.45. The number of nitrogens with one attached hydrogen (secondary N) is 1. The maximum absolute atomic E-state index is 11.2. The second kappa shape index (κ2) is 6.34. The SMILES string of the molecule is CS(=O)(=O)NC[C@H]1OC[C@@H]2CCN(Cc3ccsc3)C[C@@H]21. The molecule has 0 radical (unpaired) electrons. The van der Waals surface area contributed by atoms with Crippen LogP contribution in [0.4, 0.5) is 0 Å². The number of piperidine rings is 1. The first-order valence-electron chi connectivity index (χ1n) is 7.31. The number of hydrogen-bond acceptors (Lipinski definition) is 5. The lowest BCUT2D eigenvalue weighted by Gasteiger charge is -2.35. The molecule has 0 saturated carbocycles. The van der Waals surface area contributed by atoms with Crippen LogP contribution in [0.5, 0.6) is 0 Å². The van der Waals surface area contributed by atoms with Crippen LogP contribution in [0.15, 0.2) is 16.8 Å². The quantitative estimate of drug-likeness (QED) is 0.879.